The monoisotopic (exact) mass is 1100 g/mol. The lowest BCUT2D eigenvalue weighted by Crippen LogP contribution is -2.30. The van der Waals surface area contributed by atoms with Crippen LogP contribution in [0.5, 0.6) is 0 Å². The molecule has 1 unspecified atom stereocenters. The van der Waals surface area contributed by atoms with E-state index in [1.807, 2.05) is 0 Å². The molecular formula is C73H126O6. The van der Waals surface area contributed by atoms with Gasteiger partial charge in [0.25, 0.3) is 0 Å². The molecule has 6 nitrogen and oxygen atoms in total. The van der Waals surface area contributed by atoms with Gasteiger partial charge in [0.15, 0.2) is 6.10 Å². The van der Waals surface area contributed by atoms with Crippen molar-refractivity contribution in [3.63, 3.8) is 0 Å². The van der Waals surface area contributed by atoms with Crippen molar-refractivity contribution < 1.29 is 28.6 Å². The van der Waals surface area contributed by atoms with E-state index in [1.54, 1.807) is 0 Å². The zero-order chi connectivity index (χ0) is 57.1. The molecule has 0 aromatic heterocycles. The van der Waals surface area contributed by atoms with E-state index in [1.165, 1.54) is 173 Å². The Morgan fingerprint density at radius 1 is 0.266 bits per heavy atom. The van der Waals surface area contributed by atoms with Gasteiger partial charge < -0.3 is 14.2 Å². The molecule has 6 heteroatoms. The first-order valence-corrected chi connectivity index (χ1v) is 33.7. The Kier molecular flexibility index (Phi) is 63.7. The van der Waals surface area contributed by atoms with Gasteiger partial charge in [-0.05, 0) is 83.5 Å². The summed E-state index contributed by atoms with van der Waals surface area (Å²) < 4.78 is 16.8. The van der Waals surface area contributed by atoms with Crippen molar-refractivity contribution in [2.24, 2.45) is 0 Å². The van der Waals surface area contributed by atoms with Gasteiger partial charge in [0.1, 0.15) is 13.2 Å². The molecule has 0 aliphatic rings. The number of allylic oxidation sites excluding steroid dienone is 16. The molecule has 0 rings (SSSR count). The van der Waals surface area contributed by atoms with E-state index >= 15 is 0 Å². The van der Waals surface area contributed by atoms with Crippen LogP contribution in [0.25, 0.3) is 0 Å². The minimum absolute atomic E-state index is 0.0764. The molecule has 0 spiro atoms. The molecule has 0 heterocycles. The maximum atomic E-state index is 12.9. The van der Waals surface area contributed by atoms with Crippen LogP contribution in [0.2, 0.25) is 0 Å². The second kappa shape index (κ2) is 66.8. The van der Waals surface area contributed by atoms with E-state index in [9.17, 15) is 14.4 Å². The zero-order valence-corrected chi connectivity index (χ0v) is 52.1. The fourth-order valence-corrected chi connectivity index (χ4v) is 9.58. The molecule has 0 aromatic carbocycles. The second-order valence-electron chi connectivity index (χ2n) is 22.4. The standard InChI is InChI=1S/C73H126O6/c1-4-7-10-13-16-18-20-22-24-26-28-30-32-33-34-35-36-37-38-39-40-41-42-44-45-47-49-51-53-55-57-60-63-66-72(75)78-69-70(68-77-71(74)65-62-59-15-12-9-6-3)79-73(76)67-64-61-58-56-54-52-50-48-46-43-31-29-27-25-23-21-19-17-14-11-8-5-2/h7,10,16,18,22,24,28,30,33-34,36-37,39-40,42,44,70H,4-6,8-9,11-15,17,19-21,23,25-27,29,31-32,35,38,41,43,45-69H2,1-3H3/b10-7-,18-16-,24-22-,30-28-,34-33-,37-36-,40-39-,44-42-. The summed E-state index contributed by atoms with van der Waals surface area (Å²) in [6.45, 7) is 6.50. The summed E-state index contributed by atoms with van der Waals surface area (Å²) in [6, 6.07) is 0. The van der Waals surface area contributed by atoms with Crippen molar-refractivity contribution in [1.29, 1.82) is 0 Å². The zero-order valence-electron chi connectivity index (χ0n) is 52.1. The van der Waals surface area contributed by atoms with Crippen molar-refractivity contribution in [1.82, 2.24) is 0 Å². The highest BCUT2D eigenvalue weighted by Crippen LogP contribution is 2.17. The molecular weight excluding hydrogens is 973 g/mol. The van der Waals surface area contributed by atoms with Crippen LogP contribution in [0.15, 0.2) is 97.2 Å². The first kappa shape index (κ1) is 75.3. The predicted octanol–water partition coefficient (Wildman–Crippen LogP) is 23.2. The van der Waals surface area contributed by atoms with Crippen LogP contribution in [0.1, 0.15) is 329 Å². The number of hydrogen-bond acceptors (Lipinski definition) is 6. The molecule has 0 aliphatic carbocycles. The molecule has 0 fully saturated rings. The fraction of sp³-hybridized carbons (Fsp3) is 0.740. The van der Waals surface area contributed by atoms with Gasteiger partial charge in [0.05, 0.1) is 0 Å². The van der Waals surface area contributed by atoms with Crippen LogP contribution in [0.3, 0.4) is 0 Å². The number of carbonyl (C=O) groups excluding carboxylic acids is 3. The number of ether oxygens (including phenoxy) is 3. The summed E-state index contributed by atoms with van der Waals surface area (Å²) in [5.74, 6) is -0.881. The molecule has 0 N–H and O–H groups in total. The van der Waals surface area contributed by atoms with Gasteiger partial charge >= 0.3 is 17.9 Å². The molecule has 454 valence electrons. The number of rotatable bonds is 61. The maximum absolute atomic E-state index is 12.9. The van der Waals surface area contributed by atoms with Crippen LogP contribution in [0, 0.1) is 0 Å². The van der Waals surface area contributed by atoms with Gasteiger partial charge in [0.2, 0.25) is 0 Å². The van der Waals surface area contributed by atoms with E-state index in [4.69, 9.17) is 14.2 Å². The van der Waals surface area contributed by atoms with Crippen LogP contribution in [-0.4, -0.2) is 37.2 Å². The maximum Gasteiger partial charge on any atom is 0.306 e. The minimum atomic E-state index is -0.776. The summed E-state index contributed by atoms with van der Waals surface area (Å²) in [5.41, 5.74) is 0. The lowest BCUT2D eigenvalue weighted by atomic mass is 10.0. The number of carbonyl (C=O) groups is 3. The molecule has 0 saturated heterocycles. The van der Waals surface area contributed by atoms with E-state index in [2.05, 4.69) is 118 Å². The van der Waals surface area contributed by atoms with Crippen molar-refractivity contribution in [3.05, 3.63) is 97.2 Å². The van der Waals surface area contributed by atoms with Crippen molar-refractivity contribution in [2.75, 3.05) is 13.2 Å². The topological polar surface area (TPSA) is 78.9 Å². The average molecular weight is 1100 g/mol. The minimum Gasteiger partial charge on any atom is -0.462 e. The van der Waals surface area contributed by atoms with Crippen LogP contribution >= 0.6 is 0 Å². The normalized spacial score (nSPS) is 12.7. The molecule has 0 aliphatic heterocycles. The predicted molar refractivity (Wildman–Crippen MR) is 344 cm³/mol. The van der Waals surface area contributed by atoms with E-state index in [-0.39, 0.29) is 31.1 Å². The molecule has 0 aromatic rings. The van der Waals surface area contributed by atoms with Crippen molar-refractivity contribution in [3.8, 4) is 0 Å². The third kappa shape index (κ3) is 65.0. The SMILES string of the molecule is CC/C=C\C/C=C\C/C=C\C/C=C\C/C=C\C/C=C\C/C=C\C/C=C\CCCCCCCCCCC(=O)OCC(COC(=O)CCCCCCCC)OC(=O)CCCCCCCCCCCCCCCCCCCCCCCC. The number of unbranched alkanes of at least 4 members (excludes halogenated alkanes) is 34. The number of esters is 3. The lowest BCUT2D eigenvalue weighted by Gasteiger charge is -2.18. The Balaban J connectivity index is 4.08. The second-order valence-corrected chi connectivity index (χ2v) is 22.4. The Bertz CT molecular complexity index is 1540. The van der Waals surface area contributed by atoms with Crippen molar-refractivity contribution in [2.45, 2.75) is 335 Å². The Hall–Kier alpha value is -3.67. The molecule has 0 saturated carbocycles. The van der Waals surface area contributed by atoms with Crippen molar-refractivity contribution >= 4 is 17.9 Å². The lowest BCUT2D eigenvalue weighted by molar-refractivity contribution is -0.167. The smallest absolute Gasteiger partial charge is 0.306 e. The summed E-state index contributed by atoms with van der Waals surface area (Å²) in [7, 11) is 0. The van der Waals surface area contributed by atoms with E-state index in [0.717, 1.165) is 116 Å². The third-order valence-electron chi connectivity index (χ3n) is 14.6. The quantitative estimate of drug-likeness (QED) is 0.0261. The van der Waals surface area contributed by atoms with E-state index in [0.29, 0.717) is 19.3 Å². The molecule has 0 bridgehead atoms. The summed E-state index contributed by atoms with van der Waals surface area (Å²) in [4.78, 5) is 38.1. The molecule has 1 atom stereocenters. The summed E-state index contributed by atoms with van der Waals surface area (Å²) in [6.07, 6.45) is 90.3. The average Bonchev–Trinajstić information content (AvgIpc) is 3.45. The fourth-order valence-electron chi connectivity index (χ4n) is 9.58. The number of hydrogen-bond donors (Lipinski definition) is 0. The summed E-state index contributed by atoms with van der Waals surface area (Å²) in [5, 5.41) is 0. The Morgan fingerprint density at radius 2 is 0.494 bits per heavy atom. The van der Waals surface area contributed by atoms with E-state index < -0.39 is 6.10 Å². The van der Waals surface area contributed by atoms with Gasteiger partial charge in [0, 0.05) is 19.3 Å². The third-order valence-corrected chi connectivity index (χ3v) is 14.6. The first-order chi connectivity index (χ1) is 39.0. The first-order valence-electron chi connectivity index (χ1n) is 33.7. The van der Waals surface area contributed by atoms with Gasteiger partial charge in [-0.15, -0.1) is 0 Å². The molecule has 79 heavy (non-hydrogen) atoms. The van der Waals surface area contributed by atoms with Gasteiger partial charge in [-0.2, -0.15) is 0 Å². The highest BCUT2D eigenvalue weighted by molar-refractivity contribution is 5.71. The largest absolute Gasteiger partial charge is 0.462 e. The molecule has 0 amide bonds. The highest BCUT2D eigenvalue weighted by atomic mass is 16.6. The van der Waals surface area contributed by atoms with Gasteiger partial charge in [-0.3, -0.25) is 14.4 Å². The highest BCUT2D eigenvalue weighted by Gasteiger charge is 2.19. The Labute approximate surface area is 489 Å². The van der Waals surface area contributed by atoms with Crippen LogP contribution < -0.4 is 0 Å². The van der Waals surface area contributed by atoms with Crippen LogP contribution in [0.4, 0.5) is 0 Å². The van der Waals surface area contributed by atoms with Gasteiger partial charge in [-0.25, -0.2) is 0 Å². The Morgan fingerprint density at radius 3 is 0.772 bits per heavy atom. The van der Waals surface area contributed by atoms with Gasteiger partial charge in [-0.1, -0.05) is 323 Å². The summed E-state index contributed by atoms with van der Waals surface area (Å²) >= 11 is 0. The molecule has 0 radical (unpaired) electrons. The van der Waals surface area contributed by atoms with Crippen LogP contribution in [-0.2, 0) is 28.6 Å².